The Kier molecular flexibility index (Phi) is 6.90. The predicted octanol–water partition coefficient (Wildman–Crippen LogP) is 1.74. The molecule has 0 heterocycles. The van der Waals surface area contributed by atoms with E-state index in [2.05, 4.69) is 10.6 Å². The summed E-state index contributed by atoms with van der Waals surface area (Å²) in [6.07, 6.45) is -0.841. The number of carbonyl (C=O) groups excluding carboxylic acids is 1. The zero-order valence-electron chi connectivity index (χ0n) is 11.9. The Labute approximate surface area is 127 Å². The van der Waals surface area contributed by atoms with Gasteiger partial charge in [-0.2, -0.15) is 0 Å². The molecule has 1 aromatic rings. The zero-order valence-corrected chi connectivity index (χ0v) is 12.6. The van der Waals surface area contributed by atoms with Crippen molar-refractivity contribution in [3.8, 4) is 5.75 Å². The fourth-order valence-electron chi connectivity index (χ4n) is 1.57. The highest BCUT2D eigenvalue weighted by Crippen LogP contribution is 2.30. The molecule has 116 valence electrons. The normalized spacial score (nSPS) is 11.8. The fraction of sp³-hybridized carbons (Fsp3) is 0.462. The fourth-order valence-corrected chi connectivity index (χ4v) is 1.74. The van der Waals surface area contributed by atoms with Gasteiger partial charge in [-0.3, -0.25) is 14.9 Å². The highest BCUT2D eigenvalue weighted by molar-refractivity contribution is 6.30. The van der Waals surface area contributed by atoms with Crippen molar-refractivity contribution in [2.24, 2.45) is 0 Å². The molecule has 0 spiro atoms. The van der Waals surface area contributed by atoms with E-state index in [1.807, 2.05) is 6.92 Å². The average molecular weight is 316 g/mol. The molecule has 0 radical (unpaired) electrons. The van der Waals surface area contributed by atoms with Crippen LogP contribution in [-0.2, 0) is 4.79 Å². The van der Waals surface area contributed by atoms with Crippen molar-refractivity contribution >= 4 is 23.2 Å². The topological polar surface area (TPSA) is 93.5 Å². The quantitative estimate of drug-likeness (QED) is 0.433. The smallest absolute Gasteiger partial charge is 0.312 e. The lowest BCUT2D eigenvalue weighted by molar-refractivity contribution is -0.386. The molecule has 8 heteroatoms. The van der Waals surface area contributed by atoms with Gasteiger partial charge in [0.25, 0.3) is 5.91 Å². The third-order valence-corrected chi connectivity index (χ3v) is 2.88. The molecule has 0 fully saturated rings. The maximum absolute atomic E-state index is 11.8. The molecule has 0 aromatic heterocycles. The van der Waals surface area contributed by atoms with E-state index in [-0.39, 0.29) is 22.4 Å². The predicted molar refractivity (Wildman–Crippen MR) is 79.7 cm³/mol. The zero-order chi connectivity index (χ0) is 15.8. The van der Waals surface area contributed by atoms with Crippen molar-refractivity contribution in [2.45, 2.75) is 20.0 Å². The van der Waals surface area contributed by atoms with E-state index in [4.69, 9.17) is 16.3 Å². The molecule has 0 saturated heterocycles. The summed E-state index contributed by atoms with van der Waals surface area (Å²) in [6, 6.07) is 4.04. The standard InChI is InChI=1S/C13H18ClN3O4/c1-3-15-6-7-16-13(18)9(2)21-12-5-4-10(14)8-11(12)17(19)20/h4-5,8-9,15H,3,6-7H2,1-2H3,(H,16,18). The van der Waals surface area contributed by atoms with Gasteiger partial charge in [0.05, 0.1) is 4.92 Å². The molecule has 0 aliphatic carbocycles. The van der Waals surface area contributed by atoms with Crippen LogP contribution in [-0.4, -0.2) is 36.6 Å². The maximum Gasteiger partial charge on any atom is 0.312 e. The summed E-state index contributed by atoms with van der Waals surface area (Å²) in [5.74, 6) is -0.323. The number of nitrogens with one attached hydrogen (secondary N) is 2. The number of rotatable bonds is 8. The van der Waals surface area contributed by atoms with Gasteiger partial charge in [0, 0.05) is 24.2 Å². The van der Waals surface area contributed by atoms with E-state index < -0.39 is 11.0 Å². The average Bonchev–Trinajstić information content (AvgIpc) is 2.44. The van der Waals surface area contributed by atoms with Crippen molar-refractivity contribution in [2.75, 3.05) is 19.6 Å². The van der Waals surface area contributed by atoms with Crippen LogP contribution in [0.5, 0.6) is 5.75 Å². The van der Waals surface area contributed by atoms with Crippen LogP contribution in [0, 0.1) is 10.1 Å². The highest BCUT2D eigenvalue weighted by Gasteiger charge is 2.21. The van der Waals surface area contributed by atoms with Crippen LogP contribution in [0.15, 0.2) is 18.2 Å². The Balaban J connectivity index is 2.63. The Bertz CT molecular complexity index is 510. The van der Waals surface area contributed by atoms with Crippen LogP contribution in [0.25, 0.3) is 0 Å². The van der Waals surface area contributed by atoms with Crippen LogP contribution in [0.3, 0.4) is 0 Å². The molecule has 1 rings (SSSR count). The molecule has 2 N–H and O–H groups in total. The molecule has 0 saturated carbocycles. The molecule has 1 amide bonds. The van der Waals surface area contributed by atoms with Crippen LogP contribution in [0.4, 0.5) is 5.69 Å². The SMILES string of the molecule is CCNCCNC(=O)C(C)Oc1ccc(Cl)cc1[N+](=O)[O-]. The molecular formula is C13H18ClN3O4. The molecule has 0 bridgehead atoms. The second-order valence-electron chi connectivity index (χ2n) is 4.27. The first kappa shape index (κ1) is 17.2. The summed E-state index contributed by atoms with van der Waals surface area (Å²) in [4.78, 5) is 22.1. The van der Waals surface area contributed by atoms with E-state index in [0.717, 1.165) is 6.54 Å². The van der Waals surface area contributed by atoms with Crippen LogP contribution < -0.4 is 15.4 Å². The summed E-state index contributed by atoms with van der Waals surface area (Å²) in [5.41, 5.74) is -0.269. The van der Waals surface area contributed by atoms with Crippen molar-refractivity contribution in [1.82, 2.24) is 10.6 Å². The molecule has 1 unspecified atom stereocenters. The summed E-state index contributed by atoms with van der Waals surface area (Å²) >= 11 is 5.71. The van der Waals surface area contributed by atoms with Gasteiger partial charge in [0.15, 0.2) is 11.9 Å². The van der Waals surface area contributed by atoms with Crippen molar-refractivity contribution < 1.29 is 14.5 Å². The molecule has 7 nitrogen and oxygen atoms in total. The Hall–Kier alpha value is -1.86. The van der Waals surface area contributed by atoms with Gasteiger partial charge >= 0.3 is 5.69 Å². The summed E-state index contributed by atoms with van der Waals surface area (Å²) < 4.78 is 5.35. The molecule has 0 aliphatic rings. The number of hydrogen-bond donors (Lipinski definition) is 2. The maximum atomic E-state index is 11.8. The Morgan fingerprint density at radius 3 is 2.81 bits per heavy atom. The summed E-state index contributed by atoms with van der Waals surface area (Å²) in [7, 11) is 0. The van der Waals surface area contributed by atoms with E-state index in [1.165, 1.54) is 25.1 Å². The third kappa shape index (κ3) is 5.57. The number of benzene rings is 1. The first-order valence-electron chi connectivity index (χ1n) is 6.54. The number of nitro groups is 1. The van der Waals surface area contributed by atoms with Gasteiger partial charge in [0.2, 0.25) is 0 Å². The van der Waals surface area contributed by atoms with Gasteiger partial charge in [-0.05, 0) is 25.6 Å². The number of amides is 1. The van der Waals surface area contributed by atoms with E-state index in [9.17, 15) is 14.9 Å². The molecule has 0 aliphatic heterocycles. The minimum atomic E-state index is -0.841. The number of nitro benzene ring substituents is 1. The second-order valence-corrected chi connectivity index (χ2v) is 4.71. The van der Waals surface area contributed by atoms with Gasteiger partial charge in [-0.15, -0.1) is 0 Å². The summed E-state index contributed by atoms with van der Waals surface area (Å²) in [5, 5.41) is 16.9. The molecular weight excluding hydrogens is 298 g/mol. The lowest BCUT2D eigenvalue weighted by Gasteiger charge is -2.14. The van der Waals surface area contributed by atoms with Crippen molar-refractivity contribution in [1.29, 1.82) is 0 Å². The Morgan fingerprint density at radius 2 is 2.19 bits per heavy atom. The number of likely N-dealkylation sites (N-methyl/N-ethyl adjacent to an activating group) is 1. The van der Waals surface area contributed by atoms with E-state index in [0.29, 0.717) is 13.1 Å². The number of halogens is 1. The van der Waals surface area contributed by atoms with E-state index in [1.54, 1.807) is 0 Å². The van der Waals surface area contributed by atoms with Crippen LogP contribution in [0.1, 0.15) is 13.8 Å². The van der Waals surface area contributed by atoms with Gasteiger partial charge < -0.3 is 15.4 Å². The first-order chi connectivity index (χ1) is 9.95. The van der Waals surface area contributed by atoms with Crippen LogP contribution >= 0.6 is 11.6 Å². The number of hydrogen-bond acceptors (Lipinski definition) is 5. The lowest BCUT2D eigenvalue weighted by Crippen LogP contribution is -2.39. The number of nitrogens with zero attached hydrogens (tertiary/aromatic N) is 1. The Morgan fingerprint density at radius 1 is 1.48 bits per heavy atom. The largest absolute Gasteiger partial charge is 0.474 e. The monoisotopic (exact) mass is 315 g/mol. The van der Waals surface area contributed by atoms with Gasteiger partial charge in [-0.25, -0.2) is 0 Å². The van der Waals surface area contributed by atoms with Crippen molar-refractivity contribution in [3.05, 3.63) is 33.3 Å². The number of carbonyl (C=O) groups is 1. The first-order valence-corrected chi connectivity index (χ1v) is 6.92. The minimum absolute atomic E-state index is 0.0127. The summed E-state index contributed by atoms with van der Waals surface area (Å²) in [6.45, 7) is 5.42. The number of ether oxygens (including phenoxy) is 1. The molecule has 1 aromatic carbocycles. The van der Waals surface area contributed by atoms with E-state index >= 15 is 0 Å². The van der Waals surface area contributed by atoms with Crippen LogP contribution in [0.2, 0.25) is 5.02 Å². The van der Waals surface area contributed by atoms with Crippen molar-refractivity contribution in [3.63, 3.8) is 0 Å². The van der Waals surface area contributed by atoms with Gasteiger partial charge in [-0.1, -0.05) is 18.5 Å². The minimum Gasteiger partial charge on any atom is -0.474 e. The molecule has 21 heavy (non-hydrogen) atoms. The van der Waals surface area contributed by atoms with Gasteiger partial charge in [0.1, 0.15) is 0 Å². The molecule has 1 atom stereocenters. The highest BCUT2D eigenvalue weighted by atomic mass is 35.5. The third-order valence-electron chi connectivity index (χ3n) is 2.64. The second kappa shape index (κ2) is 8.43. The lowest BCUT2D eigenvalue weighted by atomic mass is 10.3.